The standard InChI is InChI=1S/C13H11NO4S/c15-13(10-4-5-12(18-10)14(16)17)9-2-1-3-11-8(9)6-7-19-11/h4-7,9H,1-3H2. The summed E-state index contributed by atoms with van der Waals surface area (Å²) in [4.78, 5) is 23.6. The molecular weight excluding hydrogens is 266 g/mol. The number of nitrogens with zero attached hydrogens (tertiary/aromatic N) is 1. The minimum atomic E-state index is -0.631. The van der Waals surface area contributed by atoms with Crippen LogP contribution in [-0.4, -0.2) is 10.7 Å². The Morgan fingerprint density at radius 2 is 2.26 bits per heavy atom. The molecule has 0 aromatic carbocycles. The summed E-state index contributed by atoms with van der Waals surface area (Å²) in [7, 11) is 0. The Morgan fingerprint density at radius 3 is 3.00 bits per heavy atom. The van der Waals surface area contributed by atoms with Crippen molar-refractivity contribution in [2.75, 3.05) is 0 Å². The molecule has 5 nitrogen and oxygen atoms in total. The van der Waals surface area contributed by atoms with Crippen molar-refractivity contribution in [1.29, 1.82) is 0 Å². The van der Waals surface area contributed by atoms with Gasteiger partial charge in [0.1, 0.15) is 4.92 Å². The molecule has 6 heteroatoms. The van der Waals surface area contributed by atoms with Crippen molar-refractivity contribution in [3.8, 4) is 0 Å². The van der Waals surface area contributed by atoms with Gasteiger partial charge < -0.3 is 4.42 Å². The smallest absolute Gasteiger partial charge is 0.397 e. The largest absolute Gasteiger partial charge is 0.433 e. The first-order valence-electron chi connectivity index (χ1n) is 6.01. The SMILES string of the molecule is O=C(c1ccc([N+](=O)[O-])o1)C1CCCc2sccc21. The molecule has 0 N–H and O–H groups in total. The number of rotatable bonds is 3. The van der Waals surface area contributed by atoms with E-state index in [-0.39, 0.29) is 23.3 Å². The van der Waals surface area contributed by atoms with Gasteiger partial charge in [-0.25, -0.2) is 0 Å². The first-order chi connectivity index (χ1) is 9.16. The molecule has 98 valence electrons. The van der Waals surface area contributed by atoms with Gasteiger partial charge in [-0.15, -0.1) is 11.3 Å². The monoisotopic (exact) mass is 277 g/mol. The number of nitro groups is 1. The van der Waals surface area contributed by atoms with E-state index in [0.717, 1.165) is 24.8 Å². The zero-order valence-electron chi connectivity index (χ0n) is 10.00. The quantitative estimate of drug-likeness (QED) is 0.488. The Balaban J connectivity index is 1.91. The molecule has 1 aliphatic rings. The molecule has 0 spiro atoms. The first-order valence-corrected chi connectivity index (χ1v) is 6.89. The molecule has 1 unspecified atom stereocenters. The fraction of sp³-hybridized carbons (Fsp3) is 0.308. The number of Topliss-reactive ketones (excluding diaryl/α,β-unsaturated/α-hetero) is 1. The third kappa shape index (κ3) is 2.08. The van der Waals surface area contributed by atoms with Crippen LogP contribution in [0.25, 0.3) is 0 Å². The molecule has 0 saturated carbocycles. The highest BCUT2D eigenvalue weighted by atomic mass is 32.1. The first kappa shape index (κ1) is 12.1. The fourth-order valence-corrected chi connectivity index (χ4v) is 3.48. The summed E-state index contributed by atoms with van der Waals surface area (Å²) >= 11 is 1.66. The van der Waals surface area contributed by atoms with Crippen LogP contribution in [0.3, 0.4) is 0 Å². The molecule has 0 aliphatic heterocycles. The summed E-state index contributed by atoms with van der Waals surface area (Å²) in [6.45, 7) is 0. The van der Waals surface area contributed by atoms with Crippen molar-refractivity contribution in [3.05, 3.63) is 49.9 Å². The Morgan fingerprint density at radius 1 is 1.42 bits per heavy atom. The lowest BCUT2D eigenvalue weighted by Crippen LogP contribution is -2.16. The number of ketones is 1. The van der Waals surface area contributed by atoms with Crippen LogP contribution >= 0.6 is 11.3 Å². The molecule has 2 aromatic heterocycles. The second-order valence-corrected chi connectivity index (χ2v) is 5.50. The maximum Gasteiger partial charge on any atom is 0.433 e. The molecule has 19 heavy (non-hydrogen) atoms. The van der Waals surface area contributed by atoms with Gasteiger partial charge in [0, 0.05) is 4.88 Å². The van der Waals surface area contributed by atoms with Crippen molar-refractivity contribution in [2.24, 2.45) is 0 Å². The van der Waals surface area contributed by atoms with Gasteiger partial charge >= 0.3 is 5.88 Å². The second-order valence-electron chi connectivity index (χ2n) is 4.50. The van der Waals surface area contributed by atoms with E-state index in [0.29, 0.717) is 0 Å². The highest BCUT2D eigenvalue weighted by Gasteiger charge is 2.30. The van der Waals surface area contributed by atoms with Gasteiger partial charge in [0.05, 0.1) is 12.0 Å². The van der Waals surface area contributed by atoms with E-state index < -0.39 is 4.92 Å². The molecule has 3 rings (SSSR count). The van der Waals surface area contributed by atoms with E-state index in [1.54, 1.807) is 11.3 Å². The van der Waals surface area contributed by atoms with E-state index >= 15 is 0 Å². The number of carbonyl (C=O) groups is 1. The van der Waals surface area contributed by atoms with Gasteiger partial charge in [0.2, 0.25) is 5.78 Å². The Kier molecular flexibility index (Phi) is 2.94. The molecule has 0 fully saturated rings. The van der Waals surface area contributed by atoms with Crippen molar-refractivity contribution >= 4 is 23.0 Å². The van der Waals surface area contributed by atoms with Crippen LogP contribution in [0, 0.1) is 10.1 Å². The van der Waals surface area contributed by atoms with E-state index in [9.17, 15) is 14.9 Å². The Hall–Kier alpha value is -1.95. The summed E-state index contributed by atoms with van der Waals surface area (Å²) in [6.07, 6.45) is 2.75. The molecular formula is C13H11NO4S. The van der Waals surface area contributed by atoms with Crippen LogP contribution < -0.4 is 0 Å². The second kappa shape index (κ2) is 4.62. The summed E-state index contributed by atoms with van der Waals surface area (Å²) in [6, 6.07) is 4.59. The maximum absolute atomic E-state index is 12.4. The molecule has 0 bridgehead atoms. The molecule has 2 heterocycles. The lowest BCUT2D eigenvalue weighted by Gasteiger charge is -2.20. The number of fused-ring (bicyclic) bond motifs is 1. The zero-order chi connectivity index (χ0) is 13.4. The lowest BCUT2D eigenvalue weighted by atomic mass is 9.84. The number of carbonyl (C=O) groups excluding carboxylic acids is 1. The van der Waals surface area contributed by atoms with E-state index in [1.165, 1.54) is 17.0 Å². The number of hydrogen-bond acceptors (Lipinski definition) is 5. The van der Waals surface area contributed by atoms with Crippen LogP contribution in [0.1, 0.15) is 39.8 Å². The van der Waals surface area contributed by atoms with E-state index in [4.69, 9.17) is 4.42 Å². The van der Waals surface area contributed by atoms with Gasteiger partial charge in [-0.2, -0.15) is 0 Å². The number of thiophene rings is 1. The fourth-order valence-electron chi connectivity index (χ4n) is 2.49. The summed E-state index contributed by atoms with van der Waals surface area (Å²) in [5, 5.41) is 12.6. The maximum atomic E-state index is 12.4. The Labute approximate surface area is 113 Å². The highest BCUT2D eigenvalue weighted by molar-refractivity contribution is 7.10. The van der Waals surface area contributed by atoms with Gasteiger partial charge in [0.15, 0.2) is 5.76 Å². The van der Waals surface area contributed by atoms with Crippen molar-refractivity contribution in [2.45, 2.75) is 25.2 Å². The van der Waals surface area contributed by atoms with Crippen molar-refractivity contribution in [1.82, 2.24) is 0 Å². The molecule has 0 saturated heterocycles. The predicted molar refractivity (Wildman–Crippen MR) is 69.7 cm³/mol. The Bertz CT molecular complexity index is 643. The average Bonchev–Trinajstić information content (AvgIpc) is 3.06. The summed E-state index contributed by atoms with van der Waals surface area (Å²) in [5.74, 6) is -0.686. The molecule has 1 atom stereocenters. The number of hydrogen-bond donors (Lipinski definition) is 0. The molecule has 0 radical (unpaired) electrons. The molecule has 2 aromatic rings. The molecule has 0 amide bonds. The van der Waals surface area contributed by atoms with Crippen LogP contribution in [0.15, 0.2) is 28.0 Å². The van der Waals surface area contributed by atoms with Crippen LogP contribution in [0.5, 0.6) is 0 Å². The van der Waals surface area contributed by atoms with Gasteiger partial charge in [0.25, 0.3) is 0 Å². The third-order valence-corrected chi connectivity index (χ3v) is 4.38. The minimum absolute atomic E-state index is 0.0794. The van der Waals surface area contributed by atoms with E-state index in [2.05, 4.69) is 0 Å². The average molecular weight is 277 g/mol. The predicted octanol–water partition coefficient (Wildman–Crippen LogP) is 3.55. The third-order valence-electron chi connectivity index (χ3n) is 3.38. The van der Waals surface area contributed by atoms with Crippen molar-refractivity contribution < 1.29 is 14.1 Å². The normalized spacial score (nSPS) is 18.0. The van der Waals surface area contributed by atoms with Gasteiger partial charge in [-0.1, -0.05) is 0 Å². The van der Waals surface area contributed by atoms with Crippen LogP contribution in [0.2, 0.25) is 0 Å². The van der Waals surface area contributed by atoms with Crippen LogP contribution in [-0.2, 0) is 6.42 Å². The highest BCUT2D eigenvalue weighted by Crippen LogP contribution is 2.37. The molecule has 1 aliphatic carbocycles. The minimum Gasteiger partial charge on any atom is -0.397 e. The van der Waals surface area contributed by atoms with Gasteiger partial charge in [-0.05, 0) is 42.3 Å². The van der Waals surface area contributed by atoms with Crippen LogP contribution in [0.4, 0.5) is 5.88 Å². The van der Waals surface area contributed by atoms with Crippen molar-refractivity contribution in [3.63, 3.8) is 0 Å². The lowest BCUT2D eigenvalue weighted by molar-refractivity contribution is -0.402. The topological polar surface area (TPSA) is 73.3 Å². The summed E-state index contributed by atoms with van der Waals surface area (Å²) < 4.78 is 5.01. The number of furan rings is 1. The van der Waals surface area contributed by atoms with Gasteiger partial charge in [-0.3, -0.25) is 14.9 Å². The number of aryl methyl sites for hydroxylation is 1. The zero-order valence-corrected chi connectivity index (χ0v) is 10.8. The summed E-state index contributed by atoms with van der Waals surface area (Å²) in [5.41, 5.74) is 1.06. The van der Waals surface area contributed by atoms with E-state index in [1.807, 2.05) is 11.4 Å².